The van der Waals surface area contributed by atoms with Gasteiger partial charge in [-0.3, -0.25) is 4.21 Å². The van der Waals surface area contributed by atoms with Crippen molar-refractivity contribution in [2.45, 2.75) is 39.2 Å². The summed E-state index contributed by atoms with van der Waals surface area (Å²) in [5.41, 5.74) is 0.420. The number of hydrogen-bond acceptors (Lipinski definition) is 4. The van der Waals surface area contributed by atoms with E-state index < -0.39 is 10.8 Å². The quantitative estimate of drug-likeness (QED) is 0.922. The van der Waals surface area contributed by atoms with E-state index >= 15 is 0 Å². The molecule has 0 saturated carbocycles. The van der Waals surface area contributed by atoms with E-state index in [2.05, 4.69) is 15.3 Å². The Morgan fingerprint density at radius 1 is 1.38 bits per heavy atom. The highest BCUT2D eigenvalue weighted by atomic mass is 32.2. The lowest BCUT2D eigenvalue weighted by molar-refractivity contribution is 0.212. The van der Waals surface area contributed by atoms with Gasteiger partial charge in [0.05, 0.1) is 18.1 Å². The lowest BCUT2D eigenvalue weighted by atomic mass is 9.96. The highest BCUT2D eigenvalue weighted by Crippen LogP contribution is 2.18. The summed E-state index contributed by atoms with van der Waals surface area (Å²) in [7, 11) is 0.739. The molecular formula is C14H24N4O2S. The normalized spacial score (nSPS) is 14.4. The van der Waals surface area contributed by atoms with E-state index in [9.17, 15) is 9.00 Å². The Kier molecular flexibility index (Phi) is 5.83. The van der Waals surface area contributed by atoms with Gasteiger partial charge in [-0.25, -0.2) is 14.8 Å². The smallest absolute Gasteiger partial charge is 0.321 e. The van der Waals surface area contributed by atoms with Crippen LogP contribution in [0.15, 0.2) is 12.4 Å². The number of carbonyl (C=O) groups excluding carboxylic acids is 1. The molecule has 0 saturated heterocycles. The molecular weight excluding hydrogens is 288 g/mol. The first-order chi connectivity index (χ1) is 9.61. The minimum absolute atomic E-state index is 0.106. The van der Waals surface area contributed by atoms with Crippen LogP contribution >= 0.6 is 0 Å². The second-order valence-corrected chi connectivity index (χ2v) is 7.66. The van der Waals surface area contributed by atoms with E-state index in [0.29, 0.717) is 11.4 Å². The fourth-order valence-corrected chi connectivity index (χ4v) is 2.55. The molecule has 1 aromatic heterocycles. The van der Waals surface area contributed by atoms with E-state index in [1.807, 2.05) is 27.7 Å². The summed E-state index contributed by atoms with van der Waals surface area (Å²) in [6, 6.07) is -0.370. The number of anilines is 1. The molecule has 0 aliphatic heterocycles. The molecule has 7 heteroatoms. The van der Waals surface area contributed by atoms with Crippen molar-refractivity contribution in [3.8, 4) is 0 Å². The van der Waals surface area contributed by atoms with Crippen LogP contribution in [0.3, 0.4) is 0 Å². The second kappa shape index (κ2) is 6.98. The van der Waals surface area contributed by atoms with E-state index in [0.717, 1.165) is 5.82 Å². The molecule has 1 heterocycles. The summed E-state index contributed by atoms with van der Waals surface area (Å²) in [6.07, 6.45) is 4.82. The van der Waals surface area contributed by atoms with Crippen LogP contribution in [0.5, 0.6) is 0 Å². The standard InChI is InChI=1S/C14H24N4O2S/c1-10(9-21(6)20)18(5)13(19)17-11-7-15-12(16-8-11)14(2,3)4/h7-8,10H,9H2,1-6H3,(H,17,19). The number of hydrogen-bond donors (Lipinski definition) is 1. The fraction of sp³-hybridized carbons (Fsp3) is 0.643. The predicted molar refractivity (Wildman–Crippen MR) is 85.9 cm³/mol. The van der Waals surface area contributed by atoms with Crippen molar-refractivity contribution < 1.29 is 9.00 Å². The topological polar surface area (TPSA) is 75.2 Å². The van der Waals surface area contributed by atoms with Crippen LogP contribution in [-0.2, 0) is 16.2 Å². The van der Waals surface area contributed by atoms with Crippen molar-refractivity contribution in [2.24, 2.45) is 0 Å². The van der Waals surface area contributed by atoms with Crippen molar-refractivity contribution in [1.29, 1.82) is 0 Å². The van der Waals surface area contributed by atoms with Crippen LogP contribution in [0, 0.1) is 0 Å². The maximum absolute atomic E-state index is 12.1. The first-order valence-corrected chi connectivity index (χ1v) is 8.50. The fourth-order valence-electron chi connectivity index (χ4n) is 1.64. The summed E-state index contributed by atoms with van der Waals surface area (Å²) in [5, 5.41) is 2.74. The average Bonchev–Trinajstić information content (AvgIpc) is 2.36. The van der Waals surface area contributed by atoms with Gasteiger partial charge in [-0.15, -0.1) is 0 Å². The third kappa shape index (κ3) is 5.41. The molecule has 0 aromatic carbocycles. The van der Waals surface area contributed by atoms with Crippen molar-refractivity contribution in [1.82, 2.24) is 14.9 Å². The molecule has 0 aliphatic carbocycles. The molecule has 6 nitrogen and oxygen atoms in total. The van der Waals surface area contributed by atoms with Crippen LogP contribution in [0.1, 0.15) is 33.5 Å². The number of amides is 2. The van der Waals surface area contributed by atoms with Crippen LogP contribution in [0.4, 0.5) is 10.5 Å². The molecule has 118 valence electrons. The predicted octanol–water partition coefficient (Wildman–Crippen LogP) is 2.00. The van der Waals surface area contributed by atoms with Gasteiger partial charge in [0.2, 0.25) is 0 Å². The summed E-state index contributed by atoms with van der Waals surface area (Å²) >= 11 is 0. The average molecular weight is 312 g/mol. The van der Waals surface area contributed by atoms with Crippen molar-refractivity contribution >= 4 is 22.5 Å². The van der Waals surface area contributed by atoms with E-state index in [-0.39, 0.29) is 17.5 Å². The van der Waals surface area contributed by atoms with Gasteiger partial charge in [0.25, 0.3) is 0 Å². The van der Waals surface area contributed by atoms with Gasteiger partial charge in [-0.2, -0.15) is 0 Å². The highest BCUT2D eigenvalue weighted by Gasteiger charge is 2.19. The number of rotatable bonds is 4. The Bertz CT molecular complexity index is 511. The number of aromatic nitrogens is 2. The number of nitrogens with zero attached hydrogens (tertiary/aromatic N) is 3. The zero-order valence-electron chi connectivity index (χ0n) is 13.5. The van der Waals surface area contributed by atoms with Crippen molar-refractivity contribution in [3.05, 3.63) is 18.2 Å². The Hall–Kier alpha value is -1.50. The molecule has 1 aromatic rings. The zero-order valence-corrected chi connectivity index (χ0v) is 14.3. The summed E-state index contributed by atoms with van der Waals surface area (Å²) in [6.45, 7) is 7.95. The van der Waals surface area contributed by atoms with E-state index in [4.69, 9.17) is 0 Å². The lowest BCUT2D eigenvalue weighted by Crippen LogP contribution is -2.41. The summed E-state index contributed by atoms with van der Waals surface area (Å²) in [4.78, 5) is 22.1. The first kappa shape index (κ1) is 17.6. The third-order valence-electron chi connectivity index (χ3n) is 3.03. The third-order valence-corrected chi connectivity index (χ3v) is 3.98. The molecule has 2 amide bonds. The van der Waals surface area contributed by atoms with Crippen LogP contribution in [0.25, 0.3) is 0 Å². The SMILES string of the molecule is CC(CS(C)=O)N(C)C(=O)Nc1cnc(C(C)(C)C)nc1. The molecule has 1 rings (SSSR count). The molecule has 0 fully saturated rings. The molecule has 21 heavy (non-hydrogen) atoms. The molecule has 1 N–H and O–H groups in total. The van der Waals surface area contributed by atoms with Gasteiger partial charge < -0.3 is 10.2 Å². The summed E-state index contributed by atoms with van der Waals surface area (Å²) < 4.78 is 11.2. The lowest BCUT2D eigenvalue weighted by Gasteiger charge is -2.24. The Labute approximate surface area is 128 Å². The van der Waals surface area contributed by atoms with Gasteiger partial charge in [-0.05, 0) is 6.92 Å². The second-order valence-electron chi connectivity index (χ2n) is 6.18. The van der Waals surface area contributed by atoms with E-state index in [1.165, 1.54) is 4.90 Å². The van der Waals surface area contributed by atoms with Crippen LogP contribution in [-0.4, -0.2) is 50.2 Å². The number of urea groups is 1. The van der Waals surface area contributed by atoms with Crippen LogP contribution < -0.4 is 5.32 Å². The maximum Gasteiger partial charge on any atom is 0.321 e. The monoisotopic (exact) mass is 312 g/mol. The molecule has 2 unspecified atom stereocenters. The van der Waals surface area contributed by atoms with Crippen LogP contribution in [0.2, 0.25) is 0 Å². The molecule has 2 atom stereocenters. The van der Waals surface area contributed by atoms with Gasteiger partial charge in [0.15, 0.2) is 0 Å². The molecule has 0 spiro atoms. The van der Waals surface area contributed by atoms with Gasteiger partial charge in [0.1, 0.15) is 5.82 Å². The van der Waals surface area contributed by atoms with Gasteiger partial charge in [0, 0.05) is 41.3 Å². The maximum atomic E-state index is 12.1. The minimum atomic E-state index is -0.939. The number of carbonyl (C=O) groups is 1. The zero-order chi connectivity index (χ0) is 16.2. The highest BCUT2D eigenvalue weighted by molar-refractivity contribution is 7.84. The Balaban J connectivity index is 2.68. The Morgan fingerprint density at radius 2 is 1.90 bits per heavy atom. The van der Waals surface area contributed by atoms with Crippen molar-refractivity contribution in [3.63, 3.8) is 0 Å². The van der Waals surface area contributed by atoms with Gasteiger partial charge in [-0.1, -0.05) is 20.8 Å². The minimum Gasteiger partial charge on any atom is -0.324 e. The molecule has 0 aliphatic rings. The molecule has 0 radical (unpaired) electrons. The Morgan fingerprint density at radius 3 is 2.33 bits per heavy atom. The summed E-state index contributed by atoms with van der Waals surface area (Å²) in [5.74, 6) is 1.17. The number of nitrogens with one attached hydrogen (secondary N) is 1. The van der Waals surface area contributed by atoms with E-state index in [1.54, 1.807) is 25.7 Å². The molecule has 0 bridgehead atoms. The van der Waals surface area contributed by atoms with Gasteiger partial charge >= 0.3 is 6.03 Å². The first-order valence-electron chi connectivity index (χ1n) is 6.77. The largest absolute Gasteiger partial charge is 0.324 e. The van der Waals surface area contributed by atoms with Crippen molar-refractivity contribution in [2.75, 3.05) is 24.4 Å².